The van der Waals surface area contributed by atoms with Crippen molar-refractivity contribution in [3.05, 3.63) is 18.2 Å². The van der Waals surface area contributed by atoms with Crippen molar-refractivity contribution in [1.82, 2.24) is 15.3 Å². The summed E-state index contributed by atoms with van der Waals surface area (Å²) in [6.07, 6.45) is 5.34. The lowest BCUT2D eigenvalue weighted by Crippen LogP contribution is -2.44. The van der Waals surface area contributed by atoms with Crippen LogP contribution in [0, 0.1) is 0 Å². The summed E-state index contributed by atoms with van der Waals surface area (Å²) in [5.74, 6) is 0.815. The molecule has 148 valence electrons. The highest BCUT2D eigenvalue weighted by atomic mass is 32.2. The average molecular weight is 386 g/mol. The van der Waals surface area contributed by atoms with Crippen LogP contribution in [0.5, 0.6) is 0 Å². The molecule has 0 saturated carbocycles. The molecule has 1 aromatic heterocycles. The first-order chi connectivity index (χ1) is 12.5. The average Bonchev–Trinajstić information content (AvgIpc) is 3.13. The number of ether oxygens (including phenoxy) is 1. The number of H-pyrrole nitrogens is 1. The Morgan fingerprint density at radius 1 is 1.42 bits per heavy atom. The molecule has 3 unspecified atom stereocenters. The predicted octanol–water partition coefficient (Wildman–Crippen LogP) is 1.26. The number of carbonyl (C=O) groups is 1. The summed E-state index contributed by atoms with van der Waals surface area (Å²) in [7, 11) is 0. The van der Waals surface area contributed by atoms with Crippen LogP contribution in [0.1, 0.15) is 45.2 Å². The third-order valence-corrected chi connectivity index (χ3v) is 6.84. The van der Waals surface area contributed by atoms with Crippen molar-refractivity contribution in [1.29, 1.82) is 0 Å². The zero-order chi connectivity index (χ0) is 19.0. The molecule has 1 aliphatic heterocycles. The second kappa shape index (κ2) is 10.3. The summed E-state index contributed by atoms with van der Waals surface area (Å²) in [4.78, 5) is 18.7. The van der Waals surface area contributed by atoms with Crippen molar-refractivity contribution in [3.8, 4) is 0 Å². The van der Waals surface area contributed by atoms with E-state index in [0.29, 0.717) is 19.4 Å². The Hall–Kier alpha value is -1.09. The van der Waals surface area contributed by atoms with E-state index in [9.17, 15) is 15.0 Å². The molecule has 4 N–H and O–H groups in total. The molecule has 0 bridgehead atoms. The summed E-state index contributed by atoms with van der Waals surface area (Å²) < 4.78 is 5.78. The van der Waals surface area contributed by atoms with Crippen LogP contribution in [0.15, 0.2) is 12.5 Å². The van der Waals surface area contributed by atoms with E-state index in [1.54, 1.807) is 12.5 Å². The molecule has 0 spiro atoms. The van der Waals surface area contributed by atoms with Gasteiger partial charge >= 0.3 is 0 Å². The Kier molecular flexibility index (Phi) is 8.40. The Morgan fingerprint density at radius 2 is 2.19 bits per heavy atom. The quantitative estimate of drug-likeness (QED) is 0.452. The number of thioether (sulfide) groups is 1. The molecule has 8 heteroatoms. The van der Waals surface area contributed by atoms with Gasteiger partial charge in [0.15, 0.2) is 0 Å². The van der Waals surface area contributed by atoms with Crippen molar-refractivity contribution in [2.45, 2.75) is 69.0 Å². The highest BCUT2D eigenvalue weighted by Gasteiger charge is 2.35. The second-order valence-corrected chi connectivity index (χ2v) is 8.43. The first-order valence-corrected chi connectivity index (χ1v) is 10.3. The number of aliphatic hydroxyl groups is 2. The third-order valence-electron chi connectivity index (χ3n) is 5.08. The van der Waals surface area contributed by atoms with Gasteiger partial charge in [-0.25, -0.2) is 4.98 Å². The minimum absolute atomic E-state index is 0.0128. The largest absolute Gasteiger partial charge is 0.390 e. The lowest BCUT2D eigenvalue weighted by Gasteiger charge is -2.38. The molecule has 1 fully saturated rings. The van der Waals surface area contributed by atoms with Crippen molar-refractivity contribution in [3.63, 3.8) is 0 Å². The smallest absolute Gasteiger partial charge is 0.226 e. The van der Waals surface area contributed by atoms with Crippen LogP contribution >= 0.6 is 11.8 Å². The number of imidazole rings is 1. The summed E-state index contributed by atoms with van der Waals surface area (Å²) in [5, 5.41) is 22.4. The van der Waals surface area contributed by atoms with Crippen LogP contribution in [0.25, 0.3) is 0 Å². The molecular formula is C18H31N3O4S. The molecular weight excluding hydrogens is 354 g/mol. The summed E-state index contributed by atoms with van der Waals surface area (Å²) in [6.45, 7) is 5.15. The standard InChI is InChI=1S/C18H31N3O4S/c1-3-18(4-2,9-14-8-15(22)16(23)11-25-14)26-6-5-20-17(24)7-13-10-19-12-21-13/h10,12,14-16,22-23H,3-9,11H2,1-2H3,(H,19,21)(H,20,24). The van der Waals surface area contributed by atoms with Gasteiger partial charge in [0.2, 0.25) is 5.91 Å². The number of hydrogen-bond acceptors (Lipinski definition) is 6. The van der Waals surface area contributed by atoms with Crippen LogP contribution in [0.4, 0.5) is 0 Å². The van der Waals surface area contributed by atoms with Crippen molar-refractivity contribution >= 4 is 17.7 Å². The SMILES string of the molecule is CCC(CC)(CC1CC(O)C(O)CO1)SCCNC(=O)Cc1cnc[nH]1. The van der Waals surface area contributed by atoms with E-state index >= 15 is 0 Å². The van der Waals surface area contributed by atoms with Gasteiger partial charge in [0.05, 0.1) is 31.6 Å². The van der Waals surface area contributed by atoms with E-state index in [-0.39, 0.29) is 23.4 Å². The van der Waals surface area contributed by atoms with E-state index in [4.69, 9.17) is 4.74 Å². The first kappa shape index (κ1) is 21.2. The van der Waals surface area contributed by atoms with E-state index in [1.807, 2.05) is 11.8 Å². The van der Waals surface area contributed by atoms with Crippen LogP contribution in [-0.4, -0.2) is 68.1 Å². The van der Waals surface area contributed by atoms with E-state index in [0.717, 1.165) is 30.7 Å². The van der Waals surface area contributed by atoms with Gasteiger partial charge in [-0.1, -0.05) is 13.8 Å². The molecule has 0 radical (unpaired) electrons. The minimum atomic E-state index is -0.776. The zero-order valence-corrected chi connectivity index (χ0v) is 16.4. The van der Waals surface area contributed by atoms with Crippen molar-refractivity contribution in [2.75, 3.05) is 18.9 Å². The maximum Gasteiger partial charge on any atom is 0.226 e. The zero-order valence-electron chi connectivity index (χ0n) is 15.6. The molecule has 26 heavy (non-hydrogen) atoms. The van der Waals surface area contributed by atoms with Crippen LogP contribution in [0.2, 0.25) is 0 Å². The number of aliphatic hydroxyl groups excluding tert-OH is 2. The van der Waals surface area contributed by atoms with Crippen molar-refractivity contribution in [2.24, 2.45) is 0 Å². The highest BCUT2D eigenvalue weighted by Crippen LogP contribution is 2.39. The Labute approximate surface area is 159 Å². The van der Waals surface area contributed by atoms with Gasteiger partial charge in [-0.15, -0.1) is 0 Å². The molecule has 2 rings (SSSR count). The van der Waals surface area contributed by atoms with Gasteiger partial charge in [0, 0.05) is 35.4 Å². The Bertz CT molecular complexity index is 537. The Morgan fingerprint density at radius 3 is 2.81 bits per heavy atom. The second-order valence-electron chi connectivity index (χ2n) is 6.87. The van der Waals surface area contributed by atoms with E-state index in [1.165, 1.54) is 0 Å². The van der Waals surface area contributed by atoms with Gasteiger partial charge in [-0.05, 0) is 19.3 Å². The number of hydrogen-bond donors (Lipinski definition) is 4. The van der Waals surface area contributed by atoms with Gasteiger partial charge < -0.3 is 25.3 Å². The first-order valence-electron chi connectivity index (χ1n) is 9.33. The monoisotopic (exact) mass is 385 g/mol. The molecule has 3 atom stereocenters. The number of nitrogens with one attached hydrogen (secondary N) is 2. The van der Waals surface area contributed by atoms with Gasteiger partial charge in [-0.2, -0.15) is 11.8 Å². The van der Waals surface area contributed by atoms with E-state index < -0.39 is 12.2 Å². The molecule has 1 saturated heterocycles. The number of amides is 1. The molecule has 1 aliphatic rings. The Balaban J connectivity index is 1.75. The number of rotatable bonds is 10. The van der Waals surface area contributed by atoms with Crippen LogP contribution in [0.3, 0.4) is 0 Å². The van der Waals surface area contributed by atoms with Gasteiger partial charge in [0.25, 0.3) is 0 Å². The maximum absolute atomic E-state index is 11.9. The molecule has 1 amide bonds. The lowest BCUT2D eigenvalue weighted by molar-refractivity contribution is -0.124. The van der Waals surface area contributed by atoms with Crippen LogP contribution < -0.4 is 5.32 Å². The van der Waals surface area contributed by atoms with Crippen molar-refractivity contribution < 1.29 is 19.7 Å². The minimum Gasteiger partial charge on any atom is -0.390 e. The maximum atomic E-state index is 11.9. The fraction of sp³-hybridized carbons (Fsp3) is 0.778. The predicted molar refractivity (Wildman–Crippen MR) is 102 cm³/mol. The molecule has 1 aromatic rings. The van der Waals surface area contributed by atoms with Gasteiger partial charge in [-0.3, -0.25) is 4.79 Å². The fourth-order valence-corrected chi connectivity index (χ4v) is 4.62. The summed E-state index contributed by atoms with van der Waals surface area (Å²) >= 11 is 1.86. The number of aromatic amines is 1. The molecule has 2 heterocycles. The number of aromatic nitrogens is 2. The third kappa shape index (κ3) is 6.26. The summed E-state index contributed by atoms with van der Waals surface area (Å²) in [6, 6.07) is 0. The van der Waals surface area contributed by atoms with Crippen LogP contribution in [-0.2, 0) is 16.0 Å². The van der Waals surface area contributed by atoms with Gasteiger partial charge in [0.1, 0.15) is 6.10 Å². The molecule has 0 aliphatic carbocycles. The topological polar surface area (TPSA) is 107 Å². The molecule has 7 nitrogen and oxygen atoms in total. The van der Waals surface area contributed by atoms with E-state index in [2.05, 4.69) is 29.1 Å². The highest BCUT2D eigenvalue weighted by molar-refractivity contribution is 8.00. The normalized spacial score (nSPS) is 23.8. The number of nitrogens with zero attached hydrogens (tertiary/aromatic N) is 1. The number of carbonyl (C=O) groups excluding carboxylic acids is 1. The molecule has 0 aromatic carbocycles. The summed E-state index contributed by atoms with van der Waals surface area (Å²) in [5.41, 5.74) is 0.807. The fourth-order valence-electron chi connectivity index (χ4n) is 3.27. The lowest BCUT2D eigenvalue weighted by atomic mass is 9.90.